The molecule has 9 aromatic rings. The summed E-state index contributed by atoms with van der Waals surface area (Å²) in [7, 11) is 16.3. The molecular weight excluding hydrogens is 1830 g/mol. The lowest BCUT2D eigenvalue weighted by Gasteiger charge is -2.35. The molecule has 38 heteroatoms. The number of halogens is 8. The quantitative estimate of drug-likeness (QED) is 0.0196. The number of rotatable bonds is 28. The second-order valence-electron chi connectivity index (χ2n) is 32.3. The number of likely N-dealkylation sites (tertiary alicyclic amines) is 2. The summed E-state index contributed by atoms with van der Waals surface area (Å²) in [6.07, 6.45) is 31.5. The zero-order valence-corrected chi connectivity index (χ0v) is 82.1. The molecule has 0 amide bonds. The predicted molar refractivity (Wildman–Crippen MR) is 525 cm³/mol. The Morgan fingerprint density at radius 3 is 0.962 bits per heavy atom. The smallest absolute Gasteiger partial charge is 0.323 e. The van der Waals surface area contributed by atoms with Crippen LogP contribution in [-0.4, -0.2) is 198 Å². The molecule has 6 heterocycles. The highest BCUT2D eigenvalue weighted by atomic mass is 35.5. The zero-order chi connectivity index (χ0) is 93.1. The summed E-state index contributed by atoms with van der Waals surface area (Å²) in [5.41, 5.74) is 8.98. The van der Waals surface area contributed by atoms with E-state index in [0.717, 1.165) is 50.5 Å². The summed E-state index contributed by atoms with van der Waals surface area (Å²) in [5, 5.41) is 18.6. The molecule has 0 radical (unpaired) electrons. The van der Waals surface area contributed by atoms with Gasteiger partial charge >= 0.3 is 24.0 Å². The van der Waals surface area contributed by atoms with E-state index in [0.29, 0.717) is 169 Å². The van der Waals surface area contributed by atoms with Gasteiger partial charge in [0.1, 0.15) is 28.7 Å². The van der Waals surface area contributed by atoms with Crippen molar-refractivity contribution < 1.29 is 42.6 Å². The fourth-order valence-corrected chi connectivity index (χ4v) is 17.0. The summed E-state index contributed by atoms with van der Waals surface area (Å²) < 4.78 is 49.0. The van der Waals surface area contributed by atoms with Crippen LogP contribution in [0.25, 0.3) is 0 Å². The number of aromatic nitrogens is 12. The van der Waals surface area contributed by atoms with Crippen molar-refractivity contribution in [1.29, 1.82) is 0 Å². The van der Waals surface area contributed by atoms with Gasteiger partial charge in [-0.1, -0.05) is 141 Å². The van der Waals surface area contributed by atoms with E-state index in [-0.39, 0.29) is 33.9 Å². The number of nitrogens with two attached hydrogens (primary N) is 1. The number of allylic oxidation sites excluding steroid dienone is 1. The maximum Gasteiger partial charge on any atom is 0.323 e. The van der Waals surface area contributed by atoms with Crippen LogP contribution in [-0.2, 0) is 0 Å². The Balaban J connectivity index is 0.000000184. The van der Waals surface area contributed by atoms with E-state index < -0.39 is 0 Å². The Hall–Kier alpha value is -8.92. The number of nitrogens with one attached hydrogen (secondary N) is 5. The van der Waals surface area contributed by atoms with Crippen LogP contribution in [0.2, 0.25) is 41.0 Å². The normalized spacial score (nSPS) is 15.8. The summed E-state index contributed by atoms with van der Waals surface area (Å²) in [4.78, 5) is 58.0. The van der Waals surface area contributed by atoms with Crippen molar-refractivity contribution in [3.8, 4) is 52.8 Å². The summed E-state index contributed by atoms with van der Waals surface area (Å²) in [6.45, 7) is 12.4. The van der Waals surface area contributed by atoms with Crippen molar-refractivity contribution >= 4 is 151 Å². The van der Waals surface area contributed by atoms with Gasteiger partial charge in [0, 0.05) is 47.6 Å². The van der Waals surface area contributed by atoms with Gasteiger partial charge in [0.05, 0.1) is 87.1 Å². The number of hydrogen-bond donors (Lipinski definition) is 6. The lowest BCUT2D eigenvalue weighted by Crippen LogP contribution is -2.42. The van der Waals surface area contributed by atoms with E-state index in [1.807, 2.05) is 37.3 Å². The third-order valence-corrected chi connectivity index (χ3v) is 24.5. The summed E-state index contributed by atoms with van der Waals surface area (Å²) in [6, 6.07) is 28.8. The van der Waals surface area contributed by atoms with Crippen molar-refractivity contribution in [2.45, 2.75) is 173 Å². The molecule has 0 spiro atoms. The molecule has 6 aliphatic rings. The molecule has 0 atom stereocenters. The minimum Gasteiger partial charge on any atom is -0.495 e. The molecule has 2 saturated heterocycles. The zero-order valence-electron chi connectivity index (χ0n) is 76.0. The van der Waals surface area contributed by atoms with Crippen molar-refractivity contribution in [3.05, 3.63) is 145 Å². The molecule has 4 saturated carbocycles. The number of anilines is 10. The summed E-state index contributed by atoms with van der Waals surface area (Å²) in [5.74, 6) is 7.28. The van der Waals surface area contributed by atoms with Gasteiger partial charge in [-0.05, 0) is 281 Å². The van der Waals surface area contributed by atoms with Crippen LogP contribution in [0.1, 0.15) is 161 Å². The maximum absolute atomic E-state index is 6.30. The van der Waals surface area contributed by atoms with Crippen LogP contribution in [0.3, 0.4) is 0 Å². The van der Waals surface area contributed by atoms with Crippen molar-refractivity contribution in [2.24, 2.45) is 23.7 Å². The van der Waals surface area contributed by atoms with Crippen LogP contribution in [0.4, 0.5) is 58.2 Å². The topological polar surface area (TPSA) is 334 Å². The Bertz CT molecular complexity index is 4780. The lowest BCUT2D eigenvalue weighted by molar-refractivity contribution is 0.196. The SMILES string of the molecule is C=CC.CNC1CCN(C)CC1.COc1ccc(N)cc1Cl.COc1ccc(Nc2nc(Cl)nc(OCC3CCCCC3)n2)cc1Cl.COc1ccc(Nc2nc(Nc3ccc(OC)c(Cl)c3)nc(OCC3CCCCC3)n2)cc1Cl.COc1ccc(Nc2nc(OCC3CCCCC3)nc(N(C)C3CCN(C)CC3)n2)cc1Cl.Clc1nc(Cl)nc(OCC2CCCCC2)n1. The number of piperidine rings is 2. The van der Waals surface area contributed by atoms with Gasteiger partial charge in [-0.15, -0.1) is 6.58 Å². The largest absolute Gasteiger partial charge is 0.495 e. The van der Waals surface area contributed by atoms with Crippen LogP contribution >= 0.6 is 92.8 Å². The molecule has 30 nitrogen and oxygen atoms in total. The first-order valence-corrected chi connectivity index (χ1v) is 47.3. The molecule has 4 aromatic heterocycles. The average Bonchev–Trinajstić information content (AvgIpc) is 0.826. The highest BCUT2D eigenvalue weighted by Gasteiger charge is 2.27. The maximum atomic E-state index is 6.30. The molecular formula is C92H125Cl8N21O9. The van der Waals surface area contributed by atoms with Crippen molar-refractivity contribution in [2.75, 3.05) is 148 Å². The molecule has 4 aliphatic carbocycles. The monoisotopic (exact) mass is 1950 g/mol. The van der Waals surface area contributed by atoms with E-state index in [4.69, 9.17) is 146 Å². The predicted octanol–water partition coefficient (Wildman–Crippen LogP) is 22.9. The van der Waals surface area contributed by atoms with Gasteiger partial charge in [0.25, 0.3) is 0 Å². The van der Waals surface area contributed by atoms with E-state index in [2.05, 4.69) is 131 Å². The molecule has 6 fully saturated rings. The molecule has 15 rings (SSSR count). The van der Waals surface area contributed by atoms with Gasteiger partial charge in [-0.25, -0.2) is 0 Å². The van der Waals surface area contributed by atoms with Crippen molar-refractivity contribution in [3.63, 3.8) is 0 Å². The van der Waals surface area contributed by atoms with E-state index in [1.165, 1.54) is 142 Å². The van der Waals surface area contributed by atoms with Gasteiger partial charge in [0.15, 0.2) is 0 Å². The number of nitrogens with zero attached hydrogens (tertiary/aromatic N) is 15. The highest BCUT2D eigenvalue weighted by Crippen LogP contribution is 2.37. The molecule has 708 valence electrons. The second-order valence-corrected chi connectivity index (χ2v) is 35.4. The molecule has 130 heavy (non-hydrogen) atoms. The van der Waals surface area contributed by atoms with Gasteiger partial charge in [-0.2, -0.15) is 59.8 Å². The fraction of sp³-hybridized carbons (Fsp3) is 0.522. The minimum atomic E-state index is 0.0682. The highest BCUT2D eigenvalue weighted by molar-refractivity contribution is 6.34. The second kappa shape index (κ2) is 56.8. The Labute approximate surface area is 805 Å². The third kappa shape index (κ3) is 36.9. The Morgan fingerprint density at radius 2 is 0.646 bits per heavy atom. The first-order chi connectivity index (χ1) is 62.9. The lowest BCUT2D eigenvalue weighted by atomic mass is 9.90. The number of hydrogen-bond acceptors (Lipinski definition) is 30. The van der Waals surface area contributed by atoms with Gasteiger partial charge in [0.2, 0.25) is 45.6 Å². The molecule has 7 N–H and O–H groups in total. The molecule has 0 bridgehead atoms. The number of benzene rings is 5. The third-order valence-electron chi connectivity index (χ3n) is 22.5. The van der Waals surface area contributed by atoms with E-state index in [9.17, 15) is 0 Å². The van der Waals surface area contributed by atoms with Gasteiger partial charge in [-0.3, -0.25) is 0 Å². The van der Waals surface area contributed by atoms with E-state index in [1.54, 1.807) is 102 Å². The minimum absolute atomic E-state index is 0.0682. The molecule has 5 aromatic carbocycles. The Morgan fingerprint density at radius 1 is 0.369 bits per heavy atom. The Kier molecular flexibility index (Phi) is 45.8. The molecule has 0 unspecified atom stereocenters. The number of nitrogen functional groups attached to an aromatic ring is 1. The fourth-order valence-electron chi connectivity index (χ4n) is 15.2. The van der Waals surface area contributed by atoms with Crippen LogP contribution in [0.5, 0.6) is 52.8 Å². The van der Waals surface area contributed by atoms with Crippen LogP contribution < -0.4 is 79.8 Å². The van der Waals surface area contributed by atoms with Crippen LogP contribution in [0, 0.1) is 23.7 Å². The van der Waals surface area contributed by atoms with Crippen LogP contribution in [0.15, 0.2) is 104 Å². The number of ether oxygens (including phenoxy) is 9. The van der Waals surface area contributed by atoms with E-state index >= 15 is 0 Å². The first-order valence-electron chi connectivity index (χ1n) is 44.3. The van der Waals surface area contributed by atoms with Crippen molar-refractivity contribution in [1.82, 2.24) is 74.9 Å². The molecule has 2 aliphatic heterocycles. The van der Waals surface area contributed by atoms with Gasteiger partial charge < -0.3 is 89.6 Å². The standard InChI is InChI=1S/C24H27Cl2N5O3.C24H35ClN6O2.C17H20Cl2N4O2.C10H13Cl2N3O.C7H8ClNO.C7H16N2.C3H6/c1-32-20-10-8-16(12-18(20)25)27-22-29-23(28-17-9-11-21(33-2)19(26)13-17)31-24(30-22)34-14-15-6-4-3-5-7-15;1-30-13-11-19(12-14-30)31(2)23-27-22(26-18-9-10-21(32-3)20(25)15-18)28-24(29-23)33-16-17-7-5-4-6-8-17;1-24-14-8-7-12(9-13(14)18)20-16-21-15(19)22-17(23-16)25-10-11-5-3-2-4-6-11;11-8-13-9(12)15-10(14-8)16-6-7-4-2-1-3-5-7;1-10-7-3-2-5(9)4-6(7)8;1-8-7-3-5-9(2)6-4-7;1-3-2/h8-13,15H,3-7,14H2,1-2H3,(H2,27,28,29,30,31);9-10,15,17,19H,4-8,11-14,16H2,1-3H3,(H,26,27,28,29);7-9,11H,2-6,10H2,1H3,(H,20,21,22,23);7H,1-6H2;2-4H,9H2,1H3;7-8H,3-6H2,1-2H3;3H,1H2,2H3. The summed E-state index contributed by atoms with van der Waals surface area (Å²) >= 11 is 48.0. The first kappa shape index (κ1) is 105. The average molecular weight is 1950 g/mol. The number of methoxy groups -OCH3 is 5.